The molecule has 0 aromatic heterocycles. The third-order valence-corrected chi connectivity index (χ3v) is 5.15. The van der Waals surface area contributed by atoms with Crippen LogP contribution < -0.4 is 0 Å². The highest BCUT2D eigenvalue weighted by Gasteiger charge is 2.29. The van der Waals surface area contributed by atoms with Crippen LogP contribution in [0.1, 0.15) is 26.7 Å². The fourth-order valence-corrected chi connectivity index (χ4v) is 3.52. The largest absolute Gasteiger partial charge is 0.396 e. The minimum atomic E-state index is -0.0511. The number of hydrogen-bond acceptors (Lipinski definition) is 5. The lowest BCUT2D eigenvalue weighted by Crippen LogP contribution is -2.54. The molecule has 23 heavy (non-hydrogen) atoms. The van der Waals surface area contributed by atoms with Gasteiger partial charge in [0.05, 0.1) is 12.6 Å². The Morgan fingerprint density at radius 3 is 2.26 bits per heavy atom. The molecule has 2 rings (SSSR count). The van der Waals surface area contributed by atoms with E-state index in [1.807, 2.05) is 4.90 Å². The number of hydrogen-bond donors (Lipinski definition) is 1. The van der Waals surface area contributed by atoms with Gasteiger partial charge >= 0.3 is 0 Å². The van der Waals surface area contributed by atoms with E-state index < -0.39 is 0 Å². The molecule has 0 aliphatic carbocycles. The molecule has 6 nitrogen and oxygen atoms in total. The van der Waals surface area contributed by atoms with E-state index in [1.54, 1.807) is 0 Å². The van der Waals surface area contributed by atoms with E-state index in [0.29, 0.717) is 18.4 Å². The molecule has 0 bridgehead atoms. The Hall–Kier alpha value is -1.16. The zero-order chi connectivity index (χ0) is 16.8. The number of nitrogens with zero attached hydrogens (tertiary/aromatic N) is 4. The predicted molar refractivity (Wildman–Crippen MR) is 88.6 cm³/mol. The van der Waals surface area contributed by atoms with E-state index in [1.165, 1.54) is 0 Å². The van der Waals surface area contributed by atoms with E-state index in [0.717, 1.165) is 52.1 Å². The number of rotatable bonds is 5. The Balaban J connectivity index is 1.75. The van der Waals surface area contributed by atoms with Crippen LogP contribution in [0.3, 0.4) is 0 Å². The summed E-state index contributed by atoms with van der Waals surface area (Å²) < 4.78 is 0. The highest BCUT2D eigenvalue weighted by molar-refractivity contribution is 5.78. The van der Waals surface area contributed by atoms with Gasteiger partial charge in [0.15, 0.2) is 0 Å². The molecule has 130 valence electrons. The number of piperazine rings is 1. The quantitative estimate of drug-likeness (QED) is 0.792. The summed E-state index contributed by atoms with van der Waals surface area (Å²) in [5.41, 5.74) is 0. The number of likely N-dealkylation sites (tertiary alicyclic amines) is 1. The van der Waals surface area contributed by atoms with Crippen LogP contribution in [0.4, 0.5) is 0 Å². The summed E-state index contributed by atoms with van der Waals surface area (Å²) in [5, 5.41) is 18.5. The smallest absolute Gasteiger partial charge is 0.236 e. The van der Waals surface area contributed by atoms with Gasteiger partial charge in [0, 0.05) is 32.8 Å². The predicted octanol–water partition coefficient (Wildman–Crippen LogP) is 0.383. The Kier molecular flexibility index (Phi) is 6.82. The van der Waals surface area contributed by atoms with E-state index in [4.69, 9.17) is 0 Å². The highest BCUT2D eigenvalue weighted by Crippen LogP contribution is 2.17. The maximum Gasteiger partial charge on any atom is 0.236 e. The monoisotopic (exact) mass is 322 g/mol. The first-order valence-electron chi connectivity index (χ1n) is 8.79. The van der Waals surface area contributed by atoms with Gasteiger partial charge in [-0.15, -0.1) is 0 Å². The maximum atomic E-state index is 12.4. The van der Waals surface area contributed by atoms with Crippen LogP contribution in [0.15, 0.2) is 0 Å². The summed E-state index contributed by atoms with van der Waals surface area (Å²) in [5.74, 6) is 0.920. The van der Waals surface area contributed by atoms with Crippen LogP contribution in [-0.4, -0.2) is 84.2 Å². The minimum Gasteiger partial charge on any atom is -0.396 e. The molecule has 2 saturated heterocycles. The van der Waals surface area contributed by atoms with Crippen molar-refractivity contribution in [1.29, 1.82) is 5.26 Å². The summed E-state index contributed by atoms with van der Waals surface area (Å²) in [4.78, 5) is 18.8. The molecular weight excluding hydrogens is 292 g/mol. The third-order valence-electron chi connectivity index (χ3n) is 5.15. The molecule has 0 saturated carbocycles. The summed E-state index contributed by atoms with van der Waals surface area (Å²) in [6.45, 7) is 9.71. The second-order valence-corrected chi connectivity index (χ2v) is 7.14. The van der Waals surface area contributed by atoms with Crippen molar-refractivity contribution in [3.05, 3.63) is 0 Å². The van der Waals surface area contributed by atoms with Gasteiger partial charge in [0.25, 0.3) is 0 Å². The van der Waals surface area contributed by atoms with Gasteiger partial charge in [0.2, 0.25) is 5.91 Å². The molecule has 0 aromatic carbocycles. The van der Waals surface area contributed by atoms with Crippen molar-refractivity contribution >= 4 is 5.91 Å². The SMILES string of the molecule is CC(C)C(C#N)N1CCN(C(=O)CN2CCC(CO)CC2)CC1. The van der Waals surface area contributed by atoms with E-state index in [-0.39, 0.29) is 18.6 Å². The summed E-state index contributed by atoms with van der Waals surface area (Å²) in [7, 11) is 0. The van der Waals surface area contributed by atoms with Gasteiger partial charge in [-0.3, -0.25) is 14.6 Å². The van der Waals surface area contributed by atoms with Crippen molar-refractivity contribution in [3.8, 4) is 6.07 Å². The molecule has 6 heteroatoms. The van der Waals surface area contributed by atoms with Crippen molar-refractivity contribution in [3.63, 3.8) is 0 Å². The van der Waals surface area contributed by atoms with Crippen LogP contribution in [0, 0.1) is 23.2 Å². The van der Waals surface area contributed by atoms with Crippen molar-refractivity contribution in [2.75, 3.05) is 52.4 Å². The van der Waals surface area contributed by atoms with Crippen LogP contribution in [0.2, 0.25) is 0 Å². The normalized spacial score (nSPS) is 23.0. The van der Waals surface area contributed by atoms with Crippen LogP contribution in [0.5, 0.6) is 0 Å². The summed E-state index contributed by atoms with van der Waals surface area (Å²) >= 11 is 0. The molecule has 1 N–H and O–H groups in total. The summed E-state index contributed by atoms with van der Waals surface area (Å²) in [6, 6.07) is 2.33. The van der Waals surface area contributed by atoms with Crippen molar-refractivity contribution < 1.29 is 9.90 Å². The number of aliphatic hydroxyl groups excluding tert-OH is 1. The number of carbonyl (C=O) groups excluding carboxylic acids is 1. The Labute approximate surface area is 139 Å². The molecule has 1 atom stereocenters. The molecule has 1 unspecified atom stereocenters. The molecule has 0 spiro atoms. The zero-order valence-corrected chi connectivity index (χ0v) is 14.4. The van der Waals surface area contributed by atoms with Crippen molar-refractivity contribution in [1.82, 2.24) is 14.7 Å². The number of piperidine rings is 1. The first-order chi connectivity index (χ1) is 11.0. The van der Waals surface area contributed by atoms with Gasteiger partial charge < -0.3 is 10.0 Å². The second-order valence-electron chi connectivity index (χ2n) is 7.14. The molecule has 0 radical (unpaired) electrons. The maximum absolute atomic E-state index is 12.4. The van der Waals surface area contributed by atoms with E-state index in [9.17, 15) is 15.2 Å². The topological polar surface area (TPSA) is 70.8 Å². The lowest BCUT2D eigenvalue weighted by atomic mass is 9.98. The fourth-order valence-electron chi connectivity index (χ4n) is 3.52. The molecule has 2 aliphatic rings. The van der Waals surface area contributed by atoms with Crippen LogP contribution in [0.25, 0.3) is 0 Å². The molecule has 2 aliphatic heterocycles. The van der Waals surface area contributed by atoms with Gasteiger partial charge in [-0.2, -0.15) is 5.26 Å². The van der Waals surface area contributed by atoms with E-state index in [2.05, 4.69) is 29.7 Å². The molecule has 2 heterocycles. The minimum absolute atomic E-state index is 0.0511. The van der Waals surface area contributed by atoms with E-state index >= 15 is 0 Å². The summed E-state index contributed by atoms with van der Waals surface area (Å²) in [6.07, 6.45) is 1.96. The Morgan fingerprint density at radius 2 is 1.78 bits per heavy atom. The lowest BCUT2D eigenvalue weighted by molar-refractivity contribution is -0.134. The molecular formula is C17H30N4O2. The van der Waals surface area contributed by atoms with Gasteiger partial charge in [0.1, 0.15) is 6.04 Å². The fraction of sp³-hybridized carbons (Fsp3) is 0.882. The Bertz CT molecular complexity index is 419. The van der Waals surface area contributed by atoms with Crippen LogP contribution >= 0.6 is 0 Å². The lowest BCUT2D eigenvalue weighted by Gasteiger charge is -2.39. The van der Waals surface area contributed by atoms with Gasteiger partial charge in [-0.05, 0) is 37.8 Å². The second kappa shape index (κ2) is 8.62. The molecule has 1 amide bonds. The zero-order valence-electron chi connectivity index (χ0n) is 14.4. The van der Waals surface area contributed by atoms with Crippen molar-refractivity contribution in [2.45, 2.75) is 32.7 Å². The number of aliphatic hydroxyl groups is 1. The van der Waals surface area contributed by atoms with Gasteiger partial charge in [-0.25, -0.2) is 0 Å². The third kappa shape index (κ3) is 4.90. The van der Waals surface area contributed by atoms with Crippen LogP contribution in [-0.2, 0) is 4.79 Å². The highest BCUT2D eigenvalue weighted by atomic mass is 16.3. The molecule has 0 aromatic rings. The standard InChI is InChI=1S/C17H30N4O2/c1-14(2)16(11-18)20-7-9-21(10-8-20)17(23)12-19-5-3-15(13-22)4-6-19/h14-16,22H,3-10,12-13H2,1-2H3. The first-order valence-corrected chi connectivity index (χ1v) is 8.79. The number of amides is 1. The van der Waals surface area contributed by atoms with Gasteiger partial charge in [-0.1, -0.05) is 13.8 Å². The number of carbonyl (C=O) groups is 1. The first kappa shape index (κ1) is 18.2. The molecule has 2 fully saturated rings. The number of nitriles is 1. The Morgan fingerprint density at radius 1 is 1.17 bits per heavy atom. The van der Waals surface area contributed by atoms with Crippen molar-refractivity contribution in [2.24, 2.45) is 11.8 Å². The average molecular weight is 322 g/mol. The average Bonchev–Trinajstić information content (AvgIpc) is 2.56.